The highest BCUT2D eigenvalue weighted by molar-refractivity contribution is 7.18. The molecule has 3 rings (SSSR count). The minimum Gasteiger partial charge on any atom is -0.369 e. The third-order valence-electron chi connectivity index (χ3n) is 3.44. The number of primary amides is 1. The molecule has 2 N–H and O–H groups in total. The van der Waals surface area contributed by atoms with E-state index >= 15 is 0 Å². The highest BCUT2D eigenvalue weighted by atomic mass is 32.1. The number of carbonyl (C=O) groups is 2. The van der Waals surface area contributed by atoms with E-state index in [1.807, 2.05) is 31.2 Å². The van der Waals surface area contributed by atoms with E-state index in [2.05, 4.69) is 10.2 Å². The van der Waals surface area contributed by atoms with Crippen LogP contribution in [0.2, 0.25) is 0 Å². The summed E-state index contributed by atoms with van der Waals surface area (Å²) in [7, 11) is 0. The van der Waals surface area contributed by atoms with Crippen LogP contribution in [0, 0.1) is 12.8 Å². The Bertz CT molecular complexity index is 713. The lowest BCUT2D eigenvalue weighted by atomic mass is 10.1. The molecule has 0 aliphatic carbocycles. The second-order valence-corrected chi connectivity index (χ2v) is 6.02. The van der Waals surface area contributed by atoms with E-state index in [9.17, 15) is 9.59 Å². The fraction of sp³-hybridized carbons (Fsp3) is 0.286. The number of carbonyl (C=O) groups excluding carboxylic acids is 2. The van der Waals surface area contributed by atoms with Gasteiger partial charge < -0.3 is 5.73 Å². The largest absolute Gasteiger partial charge is 0.369 e. The van der Waals surface area contributed by atoms with Gasteiger partial charge in [0.1, 0.15) is 5.01 Å². The van der Waals surface area contributed by atoms with Crippen LogP contribution in [0.25, 0.3) is 10.6 Å². The Hall–Kier alpha value is -2.28. The summed E-state index contributed by atoms with van der Waals surface area (Å²) < 4.78 is 0. The van der Waals surface area contributed by atoms with E-state index in [1.165, 1.54) is 16.2 Å². The first kappa shape index (κ1) is 13.7. The average molecular weight is 302 g/mol. The van der Waals surface area contributed by atoms with E-state index in [1.54, 1.807) is 0 Å². The smallest absolute Gasteiger partial charge is 0.229 e. The highest BCUT2D eigenvalue weighted by Gasteiger charge is 2.35. The lowest BCUT2D eigenvalue weighted by Crippen LogP contribution is -2.28. The zero-order valence-electron chi connectivity index (χ0n) is 11.4. The van der Waals surface area contributed by atoms with Crippen LogP contribution in [-0.2, 0) is 9.59 Å². The van der Waals surface area contributed by atoms with Crippen molar-refractivity contribution in [3.8, 4) is 10.6 Å². The predicted octanol–water partition coefficient (Wildman–Crippen LogP) is 1.35. The Kier molecular flexibility index (Phi) is 3.42. The van der Waals surface area contributed by atoms with Gasteiger partial charge >= 0.3 is 0 Å². The van der Waals surface area contributed by atoms with Crippen molar-refractivity contribution in [1.29, 1.82) is 0 Å². The molecule has 0 saturated carbocycles. The van der Waals surface area contributed by atoms with E-state index < -0.39 is 11.8 Å². The summed E-state index contributed by atoms with van der Waals surface area (Å²) in [5, 5.41) is 9.47. The van der Waals surface area contributed by atoms with Crippen molar-refractivity contribution in [2.24, 2.45) is 11.7 Å². The number of nitrogens with zero attached hydrogens (tertiary/aromatic N) is 3. The molecule has 2 amide bonds. The molecular weight excluding hydrogens is 288 g/mol. The molecule has 0 spiro atoms. The first-order valence-corrected chi connectivity index (χ1v) is 7.36. The van der Waals surface area contributed by atoms with Crippen molar-refractivity contribution in [2.75, 3.05) is 11.4 Å². The SMILES string of the molecule is Cc1cccc(-c2nnc(N3CC(C(N)=O)CC3=O)s2)c1. The first-order chi connectivity index (χ1) is 10.0. The van der Waals surface area contributed by atoms with Crippen LogP contribution < -0.4 is 10.6 Å². The normalized spacial score (nSPS) is 18.2. The number of aryl methyl sites for hydroxylation is 1. The van der Waals surface area contributed by atoms with Crippen LogP contribution in [0.15, 0.2) is 24.3 Å². The lowest BCUT2D eigenvalue weighted by Gasteiger charge is -2.10. The number of nitrogens with two attached hydrogens (primary N) is 1. The molecule has 2 aromatic rings. The van der Waals surface area contributed by atoms with Gasteiger partial charge in [-0.25, -0.2) is 0 Å². The Morgan fingerprint density at radius 3 is 2.90 bits per heavy atom. The Balaban J connectivity index is 1.86. The minimum atomic E-state index is -0.450. The Morgan fingerprint density at radius 2 is 2.24 bits per heavy atom. The van der Waals surface area contributed by atoms with Crippen LogP contribution >= 0.6 is 11.3 Å². The number of aromatic nitrogens is 2. The van der Waals surface area contributed by atoms with E-state index in [4.69, 9.17) is 5.73 Å². The summed E-state index contributed by atoms with van der Waals surface area (Å²) in [6.07, 6.45) is 0.148. The van der Waals surface area contributed by atoms with E-state index in [0.717, 1.165) is 16.1 Å². The van der Waals surface area contributed by atoms with Crippen molar-refractivity contribution >= 4 is 28.3 Å². The van der Waals surface area contributed by atoms with Crippen molar-refractivity contribution < 1.29 is 9.59 Å². The molecule has 1 atom stereocenters. The molecule has 0 bridgehead atoms. The molecule has 7 heteroatoms. The van der Waals surface area contributed by atoms with Crippen molar-refractivity contribution in [3.63, 3.8) is 0 Å². The molecule has 1 aliphatic rings. The molecule has 1 aliphatic heterocycles. The quantitative estimate of drug-likeness (QED) is 0.927. The third kappa shape index (κ3) is 2.64. The summed E-state index contributed by atoms with van der Waals surface area (Å²) in [5.74, 6) is -1.02. The summed E-state index contributed by atoms with van der Waals surface area (Å²) in [4.78, 5) is 24.6. The predicted molar refractivity (Wildman–Crippen MR) is 79.7 cm³/mol. The van der Waals surface area contributed by atoms with Crippen LogP contribution in [-0.4, -0.2) is 28.6 Å². The van der Waals surface area contributed by atoms with Crippen LogP contribution in [0.1, 0.15) is 12.0 Å². The van der Waals surface area contributed by atoms with Crippen molar-refractivity contribution in [2.45, 2.75) is 13.3 Å². The molecule has 21 heavy (non-hydrogen) atoms. The molecule has 2 heterocycles. The fourth-order valence-corrected chi connectivity index (χ4v) is 3.17. The summed E-state index contributed by atoms with van der Waals surface area (Å²) in [6, 6.07) is 7.93. The molecule has 6 nitrogen and oxygen atoms in total. The van der Waals surface area contributed by atoms with Gasteiger partial charge in [0, 0.05) is 18.5 Å². The zero-order chi connectivity index (χ0) is 15.0. The number of rotatable bonds is 3. The van der Waals surface area contributed by atoms with Gasteiger partial charge in [-0.3, -0.25) is 14.5 Å². The van der Waals surface area contributed by atoms with Crippen LogP contribution in [0.3, 0.4) is 0 Å². The van der Waals surface area contributed by atoms with Crippen molar-refractivity contribution in [1.82, 2.24) is 10.2 Å². The third-order valence-corrected chi connectivity index (χ3v) is 4.43. The Labute approximate surface area is 125 Å². The average Bonchev–Trinajstić information content (AvgIpc) is 3.05. The van der Waals surface area contributed by atoms with Gasteiger partial charge in [0.2, 0.25) is 16.9 Å². The summed E-state index contributed by atoms with van der Waals surface area (Å²) in [5.41, 5.74) is 7.37. The van der Waals surface area contributed by atoms with Gasteiger partial charge in [-0.05, 0) is 13.0 Å². The second-order valence-electron chi connectivity index (χ2n) is 5.07. The monoisotopic (exact) mass is 302 g/mol. The molecule has 0 radical (unpaired) electrons. The molecule has 1 aromatic heterocycles. The van der Waals surface area contributed by atoms with Crippen LogP contribution in [0.5, 0.6) is 0 Å². The molecule has 1 unspecified atom stereocenters. The number of anilines is 1. The molecule has 108 valence electrons. The van der Waals surface area contributed by atoms with Crippen LogP contribution in [0.4, 0.5) is 5.13 Å². The van der Waals surface area contributed by atoms with Gasteiger partial charge in [0.25, 0.3) is 0 Å². The maximum atomic E-state index is 11.9. The number of benzene rings is 1. The highest BCUT2D eigenvalue weighted by Crippen LogP contribution is 2.32. The zero-order valence-corrected chi connectivity index (χ0v) is 12.3. The van der Waals surface area contributed by atoms with Gasteiger partial charge in [-0.2, -0.15) is 0 Å². The number of amides is 2. The lowest BCUT2D eigenvalue weighted by molar-refractivity contribution is -0.123. The standard InChI is InChI=1S/C14H14N4O2S/c1-8-3-2-4-9(5-8)13-16-17-14(21-13)18-7-10(12(15)20)6-11(18)19/h2-5,10H,6-7H2,1H3,(H2,15,20). The maximum Gasteiger partial charge on any atom is 0.229 e. The van der Waals surface area contributed by atoms with E-state index in [0.29, 0.717) is 5.13 Å². The molecule has 1 saturated heterocycles. The minimum absolute atomic E-state index is 0.134. The van der Waals surface area contributed by atoms with Gasteiger partial charge in [0.05, 0.1) is 5.92 Å². The summed E-state index contributed by atoms with van der Waals surface area (Å²) in [6.45, 7) is 2.30. The second kappa shape index (κ2) is 5.25. The Morgan fingerprint density at radius 1 is 1.43 bits per heavy atom. The van der Waals surface area contributed by atoms with Crippen molar-refractivity contribution in [3.05, 3.63) is 29.8 Å². The first-order valence-electron chi connectivity index (χ1n) is 6.55. The molecule has 1 fully saturated rings. The number of hydrogen-bond acceptors (Lipinski definition) is 5. The van der Waals surface area contributed by atoms with Gasteiger partial charge in [-0.15, -0.1) is 10.2 Å². The maximum absolute atomic E-state index is 11.9. The number of hydrogen-bond donors (Lipinski definition) is 1. The summed E-state index contributed by atoms with van der Waals surface area (Å²) >= 11 is 1.34. The molecular formula is C14H14N4O2S. The topological polar surface area (TPSA) is 89.2 Å². The van der Waals surface area contributed by atoms with Gasteiger partial charge in [0.15, 0.2) is 0 Å². The molecule has 1 aromatic carbocycles. The fourth-order valence-electron chi connectivity index (χ4n) is 2.30. The van der Waals surface area contributed by atoms with E-state index in [-0.39, 0.29) is 18.9 Å². The van der Waals surface area contributed by atoms with Gasteiger partial charge in [-0.1, -0.05) is 35.1 Å².